The number of aryl methyl sites for hydroxylation is 1. The number of aromatic nitrogens is 1. The summed E-state index contributed by atoms with van der Waals surface area (Å²) >= 11 is 3.47. The molecule has 20 heavy (non-hydrogen) atoms. The van der Waals surface area contributed by atoms with E-state index < -0.39 is 0 Å². The van der Waals surface area contributed by atoms with Gasteiger partial charge >= 0.3 is 0 Å². The van der Waals surface area contributed by atoms with Crippen LogP contribution in [0.3, 0.4) is 0 Å². The number of benzene rings is 2. The largest absolute Gasteiger partial charge is 0.497 e. The third-order valence-corrected chi connectivity index (χ3v) is 3.76. The predicted molar refractivity (Wildman–Crippen MR) is 82.8 cm³/mol. The van der Waals surface area contributed by atoms with Crippen LogP contribution in [-0.2, 0) is 0 Å². The number of anilines is 1. The van der Waals surface area contributed by atoms with Crippen LogP contribution in [0, 0.1) is 6.92 Å². The lowest BCUT2D eigenvalue weighted by Gasteiger charge is -2.01. The molecule has 0 saturated heterocycles. The van der Waals surface area contributed by atoms with Gasteiger partial charge in [-0.15, -0.1) is 0 Å². The average molecular weight is 333 g/mol. The molecule has 2 aromatic carbocycles. The Labute approximate surface area is 124 Å². The maximum absolute atomic E-state index is 5.83. The Hall–Kier alpha value is -2.01. The van der Waals surface area contributed by atoms with E-state index in [0.29, 0.717) is 11.5 Å². The lowest BCUT2D eigenvalue weighted by atomic mass is 10.1. The van der Waals surface area contributed by atoms with Gasteiger partial charge in [0.2, 0.25) is 5.89 Å². The van der Waals surface area contributed by atoms with Gasteiger partial charge in [-0.3, -0.25) is 0 Å². The zero-order chi connectivity index (χ0) is 14.3. The quantitative estimate of drug-likeness (QED) is 0.716. The molecule has 0 aliphatic heterocycles. The van der Waals surface area contributed by atoms with Crippen LogP contribution in [0.4, 0.5) is 5.69 Å². The van der Waals surface area contributed by atoms with E-state index in [2.05, 4.69) is 20.9 Å². The maximum Gasteiger partial charge on any atom is 0.227 e. The summed E-state index contributed by atoms with van der Waals surface area (Å²) in [5.74, 6) is 1.30. The van der Waals surface area contributed by atoms with Gasteiger partial charge in [-0.2, -0.15) is 0 Å². The minimum Gasteiger partial charge on any atom is -0.497 e. The maximum atomic E-state index is 5.83. The molecule has 0 amide bonds. The molecule has 1 heterocycles. The SMILES string of the molecule is COc1cc(Br)c2oc(-c3ccc(N)c(C)c3)nc2c1. The van der Waals surface area contributed by atoms with Gasteiger partial charge in [0.15, 0.2) is 5.58 Å². The summed E-state index contributed by atoms with van der Waals surface area (Å²) in [5, 5.41) is 0. The van der Waals surface area contributed by atoms with E-state index in [4.69, 9.17) is 14.9 Å². The third kappa shape index (κ3) is 2.14. The molecule has 0 radical (unpaired) electrons. The molecule has 5 heteroatoms. The van der Waals surface area contributed by atoms with Crippen molar-refractivity contribution in [3.63, 3.8) is 0 Å². The van der Waals surface area contributed by atoms with Crippen LogP contribution in [0.25, 0.3) is 22.6 Å². The Morgan fingerprint density at radius 3 is 2.75 bits per heavy atom. The van der Waals surface area contributed by atoms with Crippen LogP contribution in [0.2, 0.25) is 0 Å². The van der Waals surface area contributed by atoms with Crippen LogP contribution >= 0.6 is 15.9 Å². The van der Waals surface area contributed by atoms with Gasteiger partial charge in [-0.05, 0) is 52.7 Å². The molecule has 0 spiro atoms. The molecule has 1 aromatic heterocycles. The lowest BCUT2D eigenvalue weighted by Crippen LogP contribution is -1.89. The highest BCUT2D eigenvalue weighted by Crippen LogP contribution is 2.33. The zero-order valence-corrected chi connectivity index (χ0v) is 12.7. The van der Waals surface area contributed by atoms with E-state index in [1.165, 1.54) is 0 Å². The van der Waals surface area contributed by atoms with Crippen LogP contribution in [0.1, 0.15) is 5.56 Å². The molecule has 0 unspecified atom stereocenters. The molecule has 3 rings (SSSR count). The van der Waals surface area contributed by atoms with E-state index in [1.54, 1.807) is 7.11 Å². The third-order valence-electron chi connectivity index (χ3n) is 3.17. The van der Waals surface area contributed by atoms with E-state index in [0.717, 1.165) is 32.6 Å². The molecule has 0 aliphatic carbocycles. The number of nitrogens with zero attached hydrogens (tertiary/aromatic N) is 1. The van der Waals surface area contributed by atoms with Crippen molar-refractivity contribution in [3.05, 3.63) is 40.4 Å². The number of methoxy groups -OCH3 is 1. The molecular formula is C15H13BrN2O2. The Morgan fingerprint density at radius 1 is 1.25 bits per heavy atom. The van der Waals surface area contributed by atoms with Crippen LogP contribution < -0.4 is 10.5 Å². The molecule has 102 valence electrons. The zero-order valence-electron chi connectivity index (χ0n) is 11.1. The van der Waals surface area contributed by atoms with Crippen molar-refractivity contribution in [3.8, 4) is 17.2 Å². The number of hydrogen-bond acceptors (Lipinski definition) is 4. The molecule has 0 bridgehead atoms. The van der Waals surface area contributed by atoms with E-state index in [1.807, 2.05) is 37.3 Å². The summed E-state index contributed by atoms with van der Waals surface area (Å²) in [7, 11) is 1.62. The molecule has 0 saturated carbocycles. The van der Waals surface area contributed by atoms with Crippen LogP contribution in [0.5, 0.6) is 5.75 Å². The number of nitrogens with two attached hydrogens (primary N) is 1. The number of rotatable bonds is 2. The van der Waals surface area contributed by atoms with Gasteiger partial charge in [-0.1, -0.05) is 0 Å². The summed E-state index contributed by atoms with van der Waals surface area (Å²) in [6.45, 7) is 1.96. The summed E-state index contributed by atoms with van der Waals surface area (Å²) in [6.07, 6.45) is 0. The number of oxazole rings is 1. The first-order valence-electron chi connectivity index (χ1n) is 6.09. The van der Waals surface area contributed by atoms with Crippen molar-refractivity contribution in [1.29, 1.82) is 0 Å². The summed E-state index contributed by atoms with van der Waals surface area (Å²) < 4.78 is 11.9. The van der Waals surface area contributed by atoms with E-state index in [-0.39, 0.29) is 0 Å². The first-order chi connectivity index (χ1) is 9.58. The number of hydrogen-bond donors (Lipinski definition) is 1. The fraction of sp³-hybridized carbons (Fsp3) is 0.133. The summed E-state index contributed by atoms with van der Waals surface area (Å²) in [4.78, 5) is 4.51. The van der Waals surface area contributed by atoms with Crippen molar-refractivity contribution in [2.24, 2.45) is 0 Å². The second-order valence-electron chi connectivity index (χ2n) is 4.55. The molecule has 0 fully saturated rings. The van der Waals surface area contributed by atoms with Crippen molar-refractivity contribution < 1.29 is 9.15 Å². The summed E-state index contributed by atoms with van der Waals surface area (Å²) in [5.41, 5.74) is 9.94. The molecular weight excluding hydrogens is 320 g/mol. The van der Waals surface area contributed by atoms with Crippen LogP contribution in [-0.4, -0.2) is 12.1 Å². The minimum atomic E-state index is 0.567. The average Bonchev–Trinajstić information content (AvgIpc) is 2.86. The summed E-state index contributed by atoms with van der Waals surface area (Å²) in [6, 6.07) is 9.42. The smallest absolute Gasteiger partial charge is 0.227 e. The van der Waals surface area contributed by atoms with E-state index >= 15 is 0 Å². The normalized spacial score (nSPS) is 10.9. The van der Waals surface area contributed by atoms with Gasteiger partial charge in [0.05, 0.1) is 11.6 Å². The van der Waals surface area contributed by atoms with Crippen molar-refractivity contribution in [2.75, 3.05) is 12.8 Å². The molecule has 0 aliphatic rings. The molecule has 2 N–H and O–H groups in total. The van der Waals surface area contributed by atoms with E-state index in [9.17, 15) is 0 Å². The highest BCUT2D eigenvalue weighted by atomic mass is 79.9. The number of nitrogen functional groups attached to an aromatic ring is 1. The van der Waals surface area contributed by atoms with Gasteiger partial charge in [0, 0.05) is 17.3 Å². The van der Waals surface area contributed by atoms with Crippen molar-refractivity contribution >= 4 is 32.7 Å². The van der Waals surface area contributed by atoms with Crippen LogP contribution in [0.15, 0.2) is 39.2 Å². The van der Waals surface area contributed by atoms with Crippen molar-refractivity contribution in [1.82, 2.24) is 4.98 Å². The number of halogens is 1. The Bertz CT molecular complexity index is 796. The fourth-order valence-corrected chi connectivity index (χ4v) is 2.53. The van der Waals surface area contributed by atoms with Crippen molar-refractivity contribution in [2.45, 2.75) is 6.92 Å². The topological polar surface area (TPSA) is 61.3 Å². The molecule has 3 aromatic rings. The minimum absolute atomic E-state index is 0.567. The van der Waals surface area contributed by atoms with Gasteiger partial charge < -0.3 is 14.9 Å². The Morgan fingerprint density at radius 2 is 2.05 bits per heavy atom. The Balaban J connectivity index is 2.17. The van der Waals surface area contributed by atoms with Gasteiger partial charge in [0.1, 0.15) is 11.3 Å². The standard InChI is InChI=1S/C15H13BrN2O2/c1-8-5-9(3-4-12(8)17)15-18-13-7-10(19-2)6-11(16)14(13)20-15/h3-7H,17H2,1-2H3. The highest BCUT2D eigenvalue weighted by Gasteiger charge is 2.13. The first kappa shape index (κ1) is 13.0. The second kappa shape index (κ2) is 4.83. The fourth-order valence-electron chi connectivity index (χ4n) is 2.02. The number of ether oxygens (including phenoxy) is 1. The van der Waals surface area contributed by atoms with Gasteiger partial charge in [0.25, 0.3) is 0 Å². The Kier molecular flexibility index (Phi) is 3.14. The lowest BCUT2D eigenvalue weighted by molar-refractivity contribution is 0.415. The highest BCUT2D eigenvalue weighted by molar-refractivity contribution is 9.10. The molecule has 0 atom stereocenters. The molecule has 4 nitrogen and oxygen atoms in total. The van der Waals surface area contributed by atoms with Gasteiger partial charge in [-0.25, -0.2) is 4.98 Å². The predicted octanol–water partition coefficient (Wildman–Crippen LogP) is 4.16. The number of fused-ring (bicyclic) bond motifs is 1. The second-order valence-corrected chi connectivity index (χ2v) is 5.40. The first-order valence-corrected chi connectivity index (χ1v) is 6.88. The monoisotopic (exact) mass is 332 g/mol.